The first kappa shape index (κ1) is 25.2. The number of carbonyl (C=O) groups is 2. The number of hydrogen-bond donors (Lipinski definition) is 3. The average Bonchev–Trinajstić information content (AvgIpc) is 2.70. The van der Waals surface area contributed by atoms with E-state index in [9.17, 15) is 4.79 Å². The Kier molecular flexibility index (Phi) is 8.63. The van der Waals surface area contributed by atoms with Gasteiger partial charge in [-0.2, -0.15) is 0 Å². The van der Waals surface area contributed by atoms with Crippen LogP contribution in [0.4, 0.5) is 17.2 Å². The number of aromatic nitrogens is 1. The van der Waals surface area contributed by atoms with Crippen LogP contribution in [0.2, 0.25) is 10.0 Å². The van der Waals surface area contributed by atoms with Gasteiger partial charge in [0.1, 0.15) is 5.82 Å². The number of carboxylic acid groups (broad SMARTS) is 1. The number of nitrogens with zero attached hydrogens (tertiary/aromatic N) is 1. The molecule has 8 heteroatoms. The van der Waals surface area contributed by atoms with E-state index < -0.39 is 5.97 Å². The van der Waals surface area contributed by atoms with Crippen molar-refractivity contribution in [1.82, 2.24) is 4.98 Å². The highest BCUT2D eigenvalue weighted by molar-refractivity contribution is 6.34. The normalized spacial score (nSPS) is 10.6. The van der Waals surface area contributed by atoms with Crippen LogP contribution in [0, 0.1) is 0 Å². The number of hydrogen-bond acceptors (Lipinski definition) is 4. The van der Waals surface area contributed by atoms with Crippen LogP contribution in [0.1, 0.15) is 43.6 Å². The van der Waals surface area contributed by atoms with Crippen molar-refractivity contribution >= 4 is 52.3 Å². The minimum Gasteiger partial charge on any atom is -0.481 e. The zero-order valence-electron chi connectivity index (χ0n) is 18.2. The van der Waals surface area contributed by atoms with Gasteiger partial charge >= 0.3 is 0 Å². The van der Waals surface area contributed by atoms with Crippen molar-refractivity contribution in [3.8, 4) is 0 Å². The van der Waals surface area contributed by atoms with Crippen molar-refractivity contribution in [3.05, 3.63) is 82.0 Å². The lowest BCUT2D eigenvalue weighted by atomic mass is 9.87. The first-order valence-corrected chi connectivity index (χ1v) is 10.5. The van der Waals surface area contributed by atoms with E-state index in [1.54, 1.807) is 36.5 Å². The molecule has 1 aromatic heterocycles. The summed E-state index contributed by atoms with van der Waals surface area (Å²) in [6.07, 6.45) is 1.62. The number of carboxylic acids is 1. The number of amides is 1. The van der Waals surface area contributed by atoms with Gasteiger partial charge in [-0.15, -0.1) is 0 Å². The molecule has 3 rings (SSSR count). The Balaban J connectivity index is 0.000000837. The van der Waals surface area contributed by atoms with Gasteiger partial charge in [-0.05, 0) is 53.4 Å². The second-order valence-electron chi connectivity index (χ2n) is 7.95. The highest BCUT2D eigenvalue weighted by atomic mass is 35.5. The van der Waals surface area contributed by atoms with E-state index in [1.165, 1.54) is 5.56 Å². The van der Waals surface area contributed by atoms with Gasteiger partial charge in [0.25, 0.3) is 11.9 Å². The maximum Gasteiger partial charge on any atom is 0.300 e. The second kappa shape index (κ2) is 11.0. The van der Waals surface area contributed by atoms with Gasteiger partial charge in [-0.3, -0.25) is 9.59 Å². The SMILES string of the molecule is CC(=O)O.CC(C)(C)c1ccc(NC(=O)c2ccc(Cl)c(Nc3ncccc3Cl)c2)cc1. The Bertz CT molecular complexity index is 1090. The fourth-order valence-electron chi connectivity index (χ4n) is 2.62. The summed E-state index contributed by atoms with van der Waals surface area (Å²) in [6.45, 7) is 7.53. The van der Waals surface area contributed by atoms with Crippen molar-refractivity contribution in [2.24, 2.45) is 0 Å². The Morgan fingerprint density at radius 3 is 2.16 bits per heavy atom. The molecule has 0 atom stereocenters. The zero-order valence-corrected chi connectivity index (χ0v) is 19.8. The molecule has 0 unspecified atom stereocenters. The molecule has 0 bridgehead atoms. The van der Waals surface area contributed by atoms with Crippen molar-refractivity contribution in [2.75, 3.05) is 10.6 Å². The van der Waals surface area contributed by atoms with Crippen LogP contribution in [-0.2, 0) is 10.2 Å². The molecule has 0 aliphatic carbocycles. The van der Waals surface area contributed by atoms with Crippen molar-refractivity contribution in [3.63, 3.8) is 0 Å². The third-order valence-electron chi connectivity index (χ3n) is 4.25. The summed E-state index contributed by atoms with van der Waals surface area (Å²) in [5.41, 5.74) is 3.02. The van der Waals surface area contributed by atoms with Crippen LogP contribution in [0.3, 0.4) is 0 Å². The molecule has 0 spiro atoms. The highest BCUT2D eigenvalue weighted by Crippen LogP contribution is 2.29. The van der Waals surface area contributed by atoms with Gasteiger partial charge in [0, 0.05) is 24.4 Å². The van der Waals surface area contributed by atoms with Crippen molar-refractivity contribution in [1.29, 1.82) is 0 Å². The van der Waals surface area contributed by atoms with Gasteiger partial charge in [-0.1, -0.05) is 56.1 Å². The number of anilines is 3. The molecule has 6 nitrogen and oxygen atoms in total. The van der Waals surface area contributed by atoms with E-state index in [4.69, 9.17) is 33.1 Å². The number of nitrogens with one attached hydrogen (secondary N) is 2. The van der Waals surface area contributed by atoms with Gasteiger partial charge < -0.3 is 15.7 Å². The second-order valence-corrected chi connectivity index (χ2v) is 8.77. The number of pyridine rings is 1. The van der Waals surface area contributed by atoms with E-state index in [1.807, 2.05) is 24.3 Å². The predicted molar refractivity (Wildman–Crippen MR) is 130 cm³/mol. The van der Waals surface area contributed by atoms with Gasteiger partial charge in [0.05, 0.1) is 15.7 Å². The summed E-state index contributed by atoms with van der Waals surface area (Å²) in [5, 5.41) is 14.3. The largest absolute Gasteiger partial charge is 0.481 e. The number of halogens is 2. The Labute approximate surface area is 197 Å². The molecule has 32 heavy (non-hydrogen) atoms. The summed E-state index contributed by atoms with van der Waals surface area (Å²) in [7, 11) is 0. The molecule has 168 valence electrons. The molecule has 1 heterocycles. The monoisotopic (exact) mass is 473 g/mol. The third-order valence-corrected chi connectivity index (χ3v) is 4.88. The Morgan fingerprint density at radius 1 is 0.969 bits per heavy atom. The summed E-state index contributed by atoms with van der Waals surface area (Å²) in [4.78, 5) is 25.8. The quantitative estimate of drug-likeness (QED) is 0.388. The topological polar surface area (TPSA) is 91.3 Å². The minimum atomic E-state index is -0.833. The molecule has 0 aliphatic rings. The molecule has 0 fully saturated rings. The maximum atomic E-state index is 12.7. The molecule has 3 aromatic rings. The molecule has 0 radical (unpaired) electrons. The maximum absolute atomic E-state index is 12.7. The number of carbonyl (C=O) groups excluding carboxylic acids is 1. The summed E-state index contributed by atoms with van der Waals surface area (Å²) < 4.78 is 0. The Hall–Kier alpha value is -3.09. The first-order valence-electron chi connectivity index (χ1n) is 9.76. The van der Waals surface area contributed by atoms with Gasteiger partial charge in [-0.25, -0.2) is 4.98 Å². The fraction of sp³-hybridized carbons (Fsp3) is 0.208. The molecule has 0 saturated carbocycles. The molecular formula is C24H25Cl2N3O3. The summed E-state index contributed by atoms with van der Waals surface area (Å²) in [6, 6.07) is 16.3. The van der Waals surface area contributed by atoms with Crippen molar-refractivity contribution in [2.45, 2.75) is 33.1 Å². The van der Waals surface area contributed by atoms with Crippen LogP contribution >= 0.6 is 23.2 Å². The third kappa shape index (κ3) is 7.55. The molecule has 3 N–H and O–H groups in total. The molecular weight excluding hydrogens is 449 g/mol. The lowest BCUT2D eigenvalue weighted by Gasteiger charge is -2.19. The fourth-order valence-corrected chi connectivity index (χ4v) is 2.96. The molecule has 0 saturated heterocycles. The zero-order chi connectivity index (χ0) is 23.9. The lowest BCUT2D eigenvalue weighted by Crippen LogP contribution is -2.14. The molecule has 1 amide bonds. The summed E-state index contributed by atoms with van der Waals surface area (Å²) in [5.74, 6) is -0.586. The number of benzene rings is 2. The van der Waals surface area contributed by atoms with Gasteiger partial charge in [0.15, 0.2) is 0 Å². The van der Waals surface area contributed by atoms with E-state index in [2.05, 4.69) is 36.4 Å². The van der Waals surface area contributed by atoms with Crippen molar-refractivity contribution < 1.29 is 14.7 Å². The van der Waals surface area contributed by atoms with Crippen LogP contribution in [0.15, 0.2) is 60.8 Å². The highest BCUT2D eigenvalue weighted by Gasteiger charge is 2.14. The van der Waals surface area contributed by atoms with Crippen LogP contribution < -0.4 is 10.6 Å². The number of aliphatic carboxylic acids is 1. The van der Waals surface area contributed by atoms with E-state index >= 15 is 0 Å². The number of rotatable bonds is 4. The van der Waals surface area contributed by atoms with E-state index in [0.717, 1.165) is 12.6 Å². The summed E-state index contributed by atoms with van der Waals surface area (Å²) >= 11 is 12.4. The average molecular weight is 474 g/mol. The van der Waals surface area contributed by atoms with Crippen LogP contribution in [0.25, 0.3) is 0 Å². The van der Waals surface area contributed by atoms with Gasteiger partial charge in [0.2, 0.25) is 0 Å². The minimum absolute atomic E-state index is 0.0615. The van der Waals surface area contributed by atoms with E-state index in [-0.39, 0.29) is 11.3 Å². The standard InChI is InChI=1S/C22H21Cl2N3O.C2H4O2/c1-22(2,3)15-7-9-16(10-8-15)26-21(28)14-6-11-17(23)19(13-14)27-20-18(24)5-4-12-25-20;1-2(3)4/h4-13H,1-3H3,(H,25,27)(H,26,28);1H3,(H,3,4). The van der Waals surface area contributed by atoms with Crippen LogP contribution in [0.5, 0.6) is 0 Å². The predicted octanol–water partition coefficient (Wildman–Crippen LogP) is 6.77. The molecule has 2 aromatic carbocycles. The lowest BCUT2D eigenvalue weighted by molar-refractivity contribution is -0.134. The molecule has 0 aliphatic heterocycles. The first-order chi connectivity index (χ1) is 15.0. The van der Waals surface area contributed by atoms with E-state index in [0.29, 0.717) is 27.1 Å². The smallest absolute Gasteiger partial charge is 0.300 e. The van der Waals surface area contributed by atoms with Crippen LogP contribution in [-0.4, -0.2) is 22.0 Å². The Morgan fingerprint density at radius 2 is 1.59 bits per heavy atom.